The average Bonchev–Trinajstić information content (AvgIpc) is 3.16. The van der Waals surface area contributed by atoms with E-state index in [9.17, 15) is 4.79 Å². The van der Waals surface area contributed by atoms with E-state index in [0.717, 1.165) is 34.3 Å². The first-order valence-corrected chi connectivity index (χ1v) is 9.51. The zero-order chi connectivity index (χ0) is 19.2. The summed E-state index contributed by atoms with van der Waals surface area (Å²) >= 11 is 1.49. The minimum atomic E-state index is 0.0211. The number of hydrogen-bond donors (Lipinski definition) is 2. The summed E-state index contributed by atoms with van der Waals surface area (Å²) in [6.07, 6.45) is 0. The number of nitrogens with zero attached hydrogens (tertiary/aromatic N) is 3. The van der Waals surface area contributed by atoms with Crippen molar-refractivity contribution in [2.24, 2.45) is 4.99 Å². The van der Waals surface area contributed by atoms with Crippen molar-refractivity contribution in [3.05, 3.63) is 53.4 Å². The number of Topliss-reactive ketones (excluding diaryl/α,β-unsaturated/α-hetero) is 1. The Morgan fingerprint density at radius 3 is 2.59 bits per heavy atom. The zero-order valence-corrected chi connectivity index (χ0v) is 16.3. The molecule has 6 nitrogen and oxygen atoms in total. The predicted molar refractivity (Wildman–Crippen MR) is 111 cm³/mol. The van der Waals surface area contributed by atoms with Crippen LogP contribution < -0.4 is 10.6 Å². The van der Waals surface area contributed by atoms with E-state index in [-0.39, 0.29) is 5.78 Å². The first-order chi connectivity index (χ1) is 13.1. The number of anilines is 1. The maximum Gasteiger partial charge on any atom is 0.197 e. The Balaban J connectivity index is 1.90. The third-order valence-corrected chi connectivity index (χ3v) is 4.65. The Kier molecular flexibility index (Phi) is 5.93. The van der Waals surface area contributed by atoms with E-state index < -0.39 is 0 Å². The zero-order valence-electron chi connectivity index (χ0n) is 15.5. The van der Waals surface area contributed by atoms with Crippen molar-refractivity contribution >= 4 is 28.2 Å². The number of thiazole rings is 1. The second-order valence-corrected chi connectivity index (χ2v) is 6.63. The van der Waals surface area contributed by atoms with Crippen molar-refractivity contribution in [3.63, 3.8) is 0 Å². The van der Waals surface area contributed by atoms with Gasteiger partial charge in [0.1, 0.15) is 5.69 Å². The fourth-order valence-corrected chi connectivity index (χ4v) is 3.34. The lowest BCUT2D eigenvalue weighted by atomic mass is 10.0. The van der Waals surface area contributed by atoms with Crippen LogP contribution in [0.2, 0.25) is 0 Å². The molecule has 0 bridgehead atoms. The number of rotatable bonds is 5. The smallest absolute Gasteiger partial charge is 0.197 e. The van der Waals surface area contributed by atoms with Gasteiger partial charge in [0.05, 0.1) is 11.4 Å². The standard InChI is InChI=1S/C20H21N5OS/c1-4-22-19(21-3)25-20-24-18(12-27-20)17-11-7-10-16(23-17)15-9-6-5-8-14(15)13(2)26/h5-12H,4H2,1-3H3,(H2,21,22,24,25). The lowest BCUT2D eigenvalue weighted by Crippen LogP contribution is -2.30. The molecule has 0 amide bonds. The van der Waals surface area contributed by atoms with E-state index in [4.69, 9.17) is 4.98 Å². The number of nitrogens with one attached hydrogen (secondary N) is 2. The van der Waals surface area contributed by atoms with Gasteiger partial charge in [0.2, 0.25) is 0 Å². The van der Waals surface area contributed by atoms with E-state index in [0.29, 0.717) is 11.5 Å². The summed E-state index contributed by atoms with van der Waals surface area (Å²) in [6.45, 7) is 4.35. The monoisotopic (exact) mass is 379 g/mol. The summed E-state index contributed by atoms with van der Waals surface area (Å²) in [4.78, 5) is 25.4. The number of carbonyl (C=O) groups excluding carboxylic acids is 1. The molecule has 2 heterocycles. The van der Waals surface area contributed by atoms with Crippen LogP contribution in [-0.2, 0) is 0 Å². The molecule has 0 aliphatic heterocycles. The lowest BCUT2D eigenvalue weighted by Gasteiger charge is -2.08. The minimum absolute atomic E-state index is 0.0211. The molecule has 27 heavy (non-hydrogen) atoms. The minimum Gasteiger partial charge on any atom is -0.356 e. The maximum atomic E-state index is 11.9. The molecule has 0 aliphatic carbocycles. The van der Waals surface area contributed by atoms with Crippen LogP contribution in [0.15, 0.2) is 52.8 Å². The molecule has 0 fully saturated rings. The van der Waals surface area contributed by atoms with Gasteiger partial charge in [-0.2, -0.15) is 0 Å². The Morgan fingerprint density at radius 1 is 1.07 bits per heavy atom. The number of carbonyl (C=O) groups is 1. The average molecular weight is 379 g/mol. The molecule has 3 rings (SSSR count). The normalized spacial score (nSPS) is 11.3. The summed E-state index contributed by atoms with van der Waals surface area (Å²) in [7, 11) is 1.72. The Labute approximate surface area is 162 Å². The van der Waals surface area contributed by atoms with Gasteiger partial charge in [-0.3, -0.25) is 9.79 Å². The number of aliphatic imine (C=N–C) groups is 1. The van der Waals surface area contributed by atoms with Crippen LogP contribution in [0.1, 0.15) is 24.2 Å². The molecule has 0 saturated carbocycles. The number of aromatic nitrogens is 2. The van der Waals surface area contributed by atoms with E-state index in [1.54, 1.807) is 14.0 Å². The van der Waals surface area contributed by atoms with Crippen LogP contribution >= 0.6 is 11.3 Å². The van der Waals surface area contributed by atoms with E-state index in [2.05, 4.69) is 20.6 Å². The lowest BCUT2D eigenvalue weighted by molar-refractivity contribution is 0.101. The molecule has 0 unspecified atom stereocenters. The molecule has 1 aromatic carbocycles. The first-order valence-electron chi connectivity index (χ1n) is 8.63. The summed E-state index contributed by atoms with van der Waals surface area (Å²) in [6, 6.07) is 13.3. The van der Waals surface area contributed by atoms with Crippen LogP contribution in [-0.4, -0.2) is 35.3 Å². The van der Waals surface area contributed by atoms with Gasteiger partial charge in [-0.05, 0) is 26.0 Å². The molecule has 0 spiro atoms. The number of ketones is 1. The van der Waals surface area contributed by atoms with Gasteiger partial charge in [0, 0.05) is 30.1 Å². The van der Waals surface area contributed by atoms with Gasteiger partial charge in [-0.15, -0.1) is 11.3 Å². The number of pyridine rings is 1. The molecule has 2 N–H and O–H groups in total. The molecule has 0 aliphatic rings. The van der Waals surface area contributed by atoms with Gasteiger partial charge >= 0.3 is 0 Å². The SMILES string of the molecule is CCNC(=NC)Nc1nc(-c2cccc(-c3ccccc3C(C)=O)n2)cs1. The summed E-state index contributed by atoms with van der Waals surface area (Å²) < 4.78 is 0. The van der Waals surface area contributed by atoms with Gasteiger partial charge in [-0.1, -0.05) is 30.3 Å². The Hall–Kier alpha value is -3.06. The highest BCUT2D eigenvalue weighted by molar-refractivity contribution is 7.14. The highest BCUT2D eigenvalue weighted by Crippen LogP contribution is 2.27. The van der Waals surface area contributed by atoms with Crippen molar-refractivity contribution in [3.8, 4) is 22.6 Å². The van der Waals surface area contributed by atoms with E-state index in [1.807, 2.05) is 54.8 Å². The number of hydrogen-bond acceptors (Lipinski definition) is 5. The molecule has 0 saturated heterocycles. The number of benzene rings is 1. The summed E-state index contributed by atoms with van der Waals surface area (Å²) in [5.41, 5.74) is 3.78. The Bertz CT molecular complexity index is 980. The maximum absolute atomic E-state index is 11.9. The fraction of sp³-hybridized carbons (Fsp3) is 0.200. The van der Waals surface area contributed by atoms with Gasteiger partial charge < -0.3 is 10.6 Å². The second kappa shape index (κ2) is 8.55. The largest absolute Gasteiger partial charge is 0.356 e. The molecule has 3 aromatic rings. The Morgan fingerprint density at radius 2 is 1.85 bits per heavy atom. The van der Waals surface area contributed by atoms with E-state index in [1.165, 1.54) is 11.3 Å². The number of guanidine groups is 1. The van der Waals surface area contributed by atoms with Crippen molar-refractivity contribution in [2.45, 2.75) is 13.8 Å². The first kappa shape index (κ1) is 18.7. The topological polar surface area (TPSA) is 79.3 Å². The van der Waals surface area contributed by atoms with Gasteiger partial charge in [-0.25, -0.2) is 9.97 Å². The van der Waals surface area contributed by atoms with Gasteiger partial charge in [0.15, 0.2) is 16.9 Å². The van der Waals surface area contributed by atoms with Crippen molar-refractivity contribution in [1.29, 1.82) is 0 Å². The molecule has 0 radical (unpaired) electrons. The molecule has 7 heteroatoms. The quantitative estimate of drug-likeness (QED) is 0.397. The third kappa shape index (κ3) is 4.38. The molecular weight excluding hydrogens is 358 g/mol. The van der Waals surface area contributed by atoms with Crippen LogP contribution in [0.3, 0.4) is 0 Å². The summed E-state index contributed by atoms with van der Waals surface area (Å²) in [5, 5.41) is 8.99. The highest BCUT2D eigenvalue weighted by Gasteiger charge is 2.12. The molecule has 138 valence electrons. The molecular formula is C20H21N5OS. The van der Waals surface area contributed by atoms with Crippen LogP contribution in [0.25, 0.3) is 22.6 Å². The van der Waals surface area contributed by atoms with Crippen molar-refractivity contribution in [2.75, 3.05) is 18.9 Å². The molecule has 0 atom stereocenters. The van der Waals surface area contributed by atoms with Crippen molar-refractivity contribution in [1.82, 2.24) is 15.3 Å². The summed E-state index contributed by atoms with van der Waals surface area (Å²) in [5.74, 6) is 0.697. The molecule has 2 aromatic heterocycles. The highest BCUT2D eigenvalue weighted by atomic mass is 32.1. The van der Waals surface area contributed by atoms with Crippen molar-refractivity contribution < 1.29 is 4.79 Å². The van der Waals surface area contributed by atoms with Gasteiger partial charge in [0.25, 0.3) is 0 Å². The predicted octanol–water partition coefficient (Wildman–Crippen LogP) is 4.08. The van der Waals surface area contributed by atoms with Crippen LogP contribution in [0.5, 0.6) is 0 Å². The van der Waals surface area contributed by atoms with Crippen LogP contribution in [0, 0.1) is 0 Å². The second-order valence-electron chi connectivity index (χ2n) is 5.78. The van der Waals surface area contributed by atoms with E-state index >= 15 is 0 Å². The third-order valence-electron chi connectivity index (χ3n) is 3.89. The van der Waals surface area contributed by atoms with Crippen LogP contribution in [0.4, 0.5) is 5.13 Å². The fourth-order valence-electron chi connectivity index (χ4n) is 2.64.